The second-order valence-corrected chi connectivity index (χ2v) is 3.75. The van der Waals surface area contributed by atoms with Crippen molar-refractivity contribution in [2.75, 3.05) is 26.8 Å². The number of carboxylic acids is 1. The number of hydrogen-bond donors (Lipinski definition) is 1. The van der Waals surface area contributed by atoms with Gasteiger partial charge in [-0.3, -0.25) is 9.59 Å². The maximum atomic E-state index is 11.9. The molecule has 0 saturated carbocycles. The minimum absolute atomic E-state index is 0.205. The first kappa shape index (κ1) is 14.2. The predicted molar refractivity (Wildman–Crippen MR) is 62.9 cm³/mol. The van der Waals surface area contributed by atoms with Crippen LogP contribution in [0.3, 0.4) is 0 Å². The summed E-state index contributed by atoms with van der Waals surface area (Å²) in [6.45, 7) is 0.795. The molecule has 1 heterocycles. The smallest absolute Gasteiger partial charge is 0.323 e. The molecular formula is C11H17N3O4. The second-order valence-electron chi connectivity index (χ2n) is 3.75. The maximum Gasteiger partial charge on any atom is 0.323 e. The van der Waals surface area contributed by atoms with Crippen LogP contribution in [0.25, 0.3) is 0 Å². The van der Waals surface area contributed by atoms with E-state index >= 15 is 0 Å². The van der Waals surface area contributed by atoms with E-state index in [1.807, 2.05) is 0 Å². The maximum absolute atomic E-state index is 11.9. The molecule has 0 aliphatic heterocycles. The van der Waals surface area contributed by atoms with E-state index < -0.39 is 5.97 Å². The Bertz CT molecular complexity index is 378. The zero-order valence-electron chi connectivity index (χ0n) is 10.3. The van der Waals surface area contributed by atoms with Crippen molar-refractivity contribution in [3.63, 3.8) is 0 Å². The first-order valence-electron chi connectivity index (χ1n) is 5.57. The number of amides is 1. The molecular weight excluding hydrogens is 238 g/mol. The van der Waals surface area contributed by atoms with Gasteiger partial charge in [-0.15, -0.1) is 0 Å². The van der Waals surface area contributed by atoms with E-state index in [2.05, 4.69) is 4.98 Å². The highest BCUT2D eigenvalue weighted by Gasteiger charge is 2.16. The number of aromatic nitrogens is 2. The molecule has 0 unspecified atom stereocenters. The fourth-order valence-electron chi connectivity index (χ4n) is 1.46. The Morgan fingerprint density at radius 2 is 2.28 bits per heavy atom. The van der Waals surface area contributed by atoms with Gasteiger partial charge in [0, 0.05) is 39.0 Å². The summed E-state index contributed by atoms with van der Waals surface area (Å²) < 4.78 is 6.62. The molecule has 1 aromatic rings. The van der Waals surface area contributed by atoms with Crippen LogP contribution >= 0.6 is 0 Å². The number of hydrogen-bond acceptors (Lipinski definition) is 4. The Kier molecular flexibility index (Phi) is 5.86. The summed E-state index contributed by atoms with van der Waals surface area (Å²) in [5.74, 6) is -1.23. The number of nitrogens with zero attached hydrogens (tertiary/aromatic N) is 3. The molecule has 0 saturated heterocycles. The van der Waals surface area contributed by atoms with Crippen LogP contribution in [0.2, 0.25) is 0 Å². The summed E-state index contributed by atoms with van der Waals surface area (Å²) in [4.78, 5) is 27.7. The minimum Gasteiger partial charge on any atom is -0.480 e. The molecule has 1 aromatic heterocycles. The highest BCUT2D eigenvalue weighted by molar-refractivity contribution is 5.81. The molecule has 7 heteroatoms. The van der Waals surface area contributed by atoms with Crippen LogP contribution in [-0.2, 0) is 20.9 Å². The molecule has 7 nitrogen and oxygen atoms in total. The topological polar surface area (TPSA) is 84.7 Å². The third-order valence-corrected chi connectivity index (χ3v) is 2.39. The highest BCUT2D eigenvalue weighted by atomic mass is 16.5. The summed E-state index contributed by atoms with van der Waals surface area (Å²) in [6.07, 6.45) is 5.24. The number of aryl methyl sites for hydroxylation is 1. The van der Waals surface area contributed by atoms with Crippen LogP contribution in [0.1, 0.15) is 6.42 Å². The number of carbonyl (C=O) groups is 2. The quantitative estimate of drug-likeness (QED) is 0.697. The first-order chi connectivity index (χ1) is 8.63. The van der Waals surface area contributed by atoms with Crippen molar-refractivity contribution in [1.82, 2.24) is 14.5 Å². The molecule has 0 radical (unpaired) electrons. The first-order valence-corrected chi connectivity index (χ1v) is 5.57. The summed E-state index contributed by atoms with van der Waals surface area (Å²) in [5.41, 5.74) is 0. The van der Waals surface area contributed by atoms with E-state index in [-0.39, 0.29) is 25.4 Å². The third-order valence-electron chi connectivity index (χ3n) is 2.39. The van der Waals surface area contributed by atoms with Crippen molar-refractivity contribution < 1.29 is 19.4 Å². The van der Waals surface area contributed by atoms with Gasteiger partial charge >= 0.3 is 5.97 Å². The third kappa shape index (κ3) is 4.96. The molecule has 0 aromatic carbocycles. The monoisotopic (exact) mass is 255 g/mol. The lowest BCUT2D eigenvalue weighted by Crippen LogP contribution is -2.38. The van der Waals surface area contributed by atoms with Gasteiger partial charge in [0.25, 0.3) is 0 Å². The Labute approximate surface area is 105 Å². The molecule has 100 valence electrons. The molecule has 1 N–H and O–H groups in total. The van der Waals surface area contributed by atoms with Crippen molar-refractivity contribution in [3.8, 4) is 0 Å². The number of aliphatic carboxylic acids is 1. The van der Waals surface area contributed by atoms with Gasteiger partial charge in [-0.1, -0.05) is 0 Å². The van der Waals surface area contributed by atoms with Gasteiger partial charge in [0.2, 0.25) is 5.91 Å². The standard InChI is InChI=1S/C11H17N3O4/c1-18-7-6-14(8-11(16)17)10(15)2-4-13-5-3-12-9-13/h3,5,9H,2,4,6-8H2,1H3,(H,16,17). The minimum atomic E-state index is -1.03. The predicted octanol–water partition coefficient (Wildman–Crippen LogP) is -0.167. The number of carboxylic acid groups (broad SMARTS) is 1. The average molecular weight is 255 g/mol. The highest BCUT2D eigenvalue weighted by Crippen LogP contribution is 1.98. The van der Waals surface area contributed by atoms with Gasteiger partial charge < -0.3 is 19.3 Å². The summed E-state index contributed by atoms with van der Waals surface area (Å²) >= 11 is 0. The Hall–Kier alpha value is -1.89. The van der Waals surface area contributed by atoms with Crippen LogP contribution in [-0.4, -0.2) is 58.2 Å². The number of methoxy groups -OCH3 is 1. The molecule has 0 aliphatic carbocycles. The summed E-state index contributed by atoms with van der Waals surface area (Å²) in [5, 5.41) is 8.73. The van der Waals surface area contributed by atoms with Gasteiger partial charge in [-0.2, -0.15) is 0 Å². The van der Waals surface area contributed by atoms with Crippen molar-refractivity contribution in [2.45, 2.75) is 13.0 Å². The number of rotatable bonds is 8. The molecule has 18 heavy (non-hydrogen) atoms. The zero-order chi connectivity index (χ0) is 13.4. The molecule has 1 rings (SSSR count). The van der Waals surface area contributed by atoms with Crippen molar-refractivity contribution in [2.24, 2.45) is 0 Å². The number of ether oxygens (including phenoxy) is 1. The molecule has 0 bridgehead atoms. The van der Waals surface area contributed by atoms with Gasteiger partial charge in [-0.05, 0) is 0 Å². The fraction of sp³-hybridized carbons (Fsp3) is 0.545. The lowest BCUT2D eigenvalue weighted by molar-refractivity contribution is -0.145. The average Bonchev–Trinajstić information content (AvgIpc) is 2.84. The van der Waals surface area contributed by atoms with Crippen molar-refractivity contribution >= 4 is 11.9 Å². The Morgan fingerprint density at radius 3 is 2.83 bits per heavy atom. The molecule has 0 aliphatic rings. The second kappa shape index (κ2) is 7.44. The van der Waals surface area contributed by atoms with Crippen LogP contribution < -0.4 is 0 Å². The van der Waals surface area contributed by atoms with Crippen LogP contribution in [0.4, 0.5) is 0 Å². The molecule has 0 fully saturated rings. The molecule has 1 amide bonds. The lowest BCUT2D eigenvalue weighted by Gasteiger charge is -2.20. The van der Waals surface area contributed by atoms with Crippen LogP contribution in [0.15, 0.2) is 18.7 Å². The molecule has 0 spiro atoms. The van der Waals surface area contributed by atoms with Gasteiger partial charge in [0.1, 0.15) is 6.54 Å². The van der Waals surface area contributed by atoms with Crippen molar-refractivity contribution in [1.29, 1.82) is 0 Å². The van der Waals surface area contributed by atoms with E-state index in [0.717, 1.165) is 0 Å². The largest absolute Gasteiger partial charge is 0.480 e. The van der Waals surface area contributed by atoms with Crippen LogP contribution in [0, 0.1) is 0 Å². The number of imidazole rings is 1. The van der Waals surface area contributed by atoms with E-state index in [1.54, 1.807) is 23.3 Å². The zero-order valence-corrected chi connectivity index (χ0v) is 10.3. The SMILES string of the molecule is COCCN(CC(=O)O)C(=O)CCn1ccnc1. The summed E-state index contributed by atoms with van der Waals surface area (Å²) in [7, 11) is 1.51. The van der Waals surface area contributed by atoms with Crippen molar-refractivity contribution in [3.05, 3.63) is 18.7 Å². The normalized spacial score (nSPS) is 10.3. The Balaban J connectivity index is 2.44. The van der Waals surface area contributed by atoms with Gasteiger partial charge in [0.15, 0.2) is 0 Å². The Morgan fingerprint density at radius 1 is 1.50 bits per heavy atom. The lowest BCUT2D eigenvalue weighted by atomic mass is 10.3. The van der Waals surface area contributed by atoms with Crippen LogP contribution in [0.5, 0.6) is 0 Å². The van der Waals surface area contributed by atoms with E-state index in [1.165, 1.54) is 12.0 Å². The number of carbonyl (C=O) groups excluding carboxylic acids is 1. The van der Waals surface area contributed by atoms with E-state index in [4.69, 9.17) is 9.84 Å². The fourth-order valence-corrected chi connectivity index (χ4v) is 1.46. The van der Waals surface area contributed by atoms with E-state index in [0.29, 0.717) is 13.2 Å². The summed E-state index contributed by atoms with van der Waals surface area (Å²) in [6, 6.07) is 0. The van der Waals surface area contributed by atoms with Gasteiger partial charge in [-0.25, -0.2) is 4.98 Å². The van der Waals surface area contributed by atoms with E-state index in [9.17, 15) is 9.59 Å². The van der Waals surface area contributed by atoms with Gasteiger partial charge in [0.05, 0.1) is 12.9 Å². The molecule has 0 atom stereocenters.